The van der Waals surface area contributed by atoms with Crippen LogP contribution in [-0.4, -0.2) is 23.3 Å². The summed E-state index contributed by atoms with van der Waals surface area (Å²) in [6.07, 6.45) is 0. The Morgan fingerprint density at radius 3 is 1.25 bits per heavy atom. The monoisotopic (exact) mass is 404 g/mol. The van der Waals surface area contributed by atoms with E-state index in [9.17, 15) is 4.79 Å². The zero-order chi connectivity index (χ0) is 7.15. The molecule has 12 heavy (non-hydrogen) atoms. The van der Waals surface area contributed by atoms with Crippen LogP contribution in [0.5, 0.6) is 0 Å². The van der Waals surface area contributed by atoms with Gasteiger partial charge in [-0.1, -0.05) is 28.9 Å². The minimum atomic E-state index is -0.935. The third-order valence-electron chi connectivity index (χ3n) is 0.365. The van der Waals surface area contributed by atoms with Crippen LogP contribution in [-0.2, 0) is 4.79 Å². The number of aliphatic hydroxyl groups excluding tert-OH is 1. The number of aliphatic carboxylic acids is 1. The van der Waals surface area contributed by atoms with Gasteiger partial charge < -0.3 is 10.2 Å². The molecule has 0 aromatic carbocycles. The molecule has 0 bridgehead atoms. The summed E-state index contributed by atoms with van der Waals surface area (Å²) in [5.41, 5.74) is 0.176. The maximum absolute atomic E-state index is 9.60. The first kappa shape index (κ1) is 39.8. The quantitative estimate of drug-likeness (QED) is 0.659. The Labute approximate surface area is 100 Å². The molecule has 0 aliphatic heterocycles. The molecule has 0 rings (SSSR count). The topological polar surface area (TPSA) is 57.5 Å². The fourth-order valence-electron chi connectivity index (χ4n) is 0. The number of hydrogen-bond donors (Lipinski definition) is 2. The van der Waals surface area contributed by atoms with Gasteiger partial charge in [0.1, 0.15) is 0 Å². The number of carboxylic acids is 1. The van der Waals surface area contributed by atoms with Gasteiger partial charge in [-0.25, -0.2) is 4.79 Å². The normalized spacial score (nSPS) is 4.25. The molecule has 0 fully saturated rings. The molecule has 0 heterocycles. The summed E-state index contributed by atoms with van der Waals surface area (Å²) < 4.78 is 0. The molecular formula is C8H22O3U. The average molecular weight is 404 g/mol. The largest absolute Gasteiger partial charge is 0.478 e. The summed E-state index contributed by atoms with van der Waals surface area (Å²) in [7, 11) is 1.00. The molecule has 0 atom stereocenters. The second-order valence-electron chi connectivity index (χ2n) is 1.09. The molecule has 4 heteroatoms. The van der Waals surface area contributed by atoms with Crippen LogP contribution in [0.25, 0.3) is 0 Å². The van der Waals surface area contributed by atoms with E-state index < -0.39 is 5.97 Å². The zero-order valence-electron chi connectivity index (χ0n) is 5.51. The van der Waals surface area contributed by atoms with E-state index in [2.05, 4.69) is 6.58 Å². The minimum Gasteiger partial charge on any atom is -0.478 e. The van der Waals surface area contributed by atoms with Crippen molar-refractivity contribution in [2.75, 3.05) is 7.11 Å². The van der Waals surface area contributed by atoms with Gasteiger partial charge >= 0.3 is 5.97 Å². The fourth-order valence-corrected chi connectivity index (χ4v) is 0. The Morgan fingerprint density at radius 2 is 1.25 bits per heavy atom. The molecule has 0 amide bonds. The van der Waals surface area contributed by atoms with Crippen molar-refractivity contribution in [1.29, 1.82) is 0 Å². The Kier molecular flexibility index (Phi) is 100. The molecular weight excluding hydrogens is 382 g/mol. The van der Waals surface area contributed by atoms with Gasteiger partial charge in [-0.15, -0.1) is 0 Å². The van der Waals surface area contributed by atoms with E-state index in [-0.39, 0.29) is 59.0 Å². The van der Waals surface area contributed by atoms with E-state index in [1.54, 1.807) is 0 Å². The standard InChI is InChI=1S/C4H6O2.CH4O.3CH4.U/c1-3(2)4(5)6;1-2;;;;/h1H2,2H3,(H,5,6);2H,1H3;3*1H4;. The van der Waals surface area contributed by atoms with Gasteiger partial charge in [-0.05, 0) is 6.92 Å². The van der Waals surface area contributed by atoms with Gasteiger partial charge in [0.15, 0.2) is 0 Å². The Bertz CT molecular complexity index is 80.3. The first-order chi connectivity index (χ1) is 3.64. The summed E-state index contributed by atoms with van der Waals surface area (Å²) in [6, 6.07) is 0. The summed E-state index contributed by atoms with van der Waals surface area (Å²) >= 11 is 0. The Morgan fingerprint density at radius 1 is 1.17 bits per heavy atom. The first-order valence-corrected chi connectivity index (χ1v) is 1.98. The molecule has 2 N–H and O–H groups in total. The number of carboxylic acid groups (broad SMARTS) is 1. The molecule has 0 saturated heterocycles. The molecule has 0 unspecified atom stereocenters. The second-order valence-corrected chi connectivity index (χ2v) is 1.09. The number of aliphatic hydroxyl groups is 1. The van der Waals surface area contributed by atoms with E-state index in [4.69, 9.17) is 10.2 Å². The van der Waals surface area contributed by atoms with E-state index in [1.807, 2.05) is 0 Å². The summed E-state index contributed by atoms with van der Waals surface area (Å²) in [5, 5.41) is 14.9. The van der Waals surface area contributed by atoms with Crippen LogP contribution in [0.3, 0.4) is 0 Å². The first-order valence-electron chi connectivity index (χ1n) is 1.98. The third-order valence-corrected chi connectivity index (χ3v) is 0.365. The van der Waals surface area contributed by atoms with Gasteiger partial charge in [0, 0.05) is 43.8 Å². The van der Waals surface area contributed by atoms with Crippen molar-refractivity contribution in [1.82, 2.24) is 0 Å². The van der Waals surface area contributed by atoms with E-state index in [0.29, 0.717) is 0 Å². The van der Waals surface area contributed by atoms with Crippen LogP contribution in [0.15, 0.2) is 12.2 Å². The van der Waals surface area contributed by atoms with Crippen molar-refractivity contribution in [3.05, 3.63) is 12.2 Å². The van der Waals surface area contributed by atoms with Gasteiger partial charge in [0.2, 0.25) is 0 Å². The van der Waals surface area contributed by atoms with Crippen LogP contribution in [0, 0.1) is 31.1 Å². The smallest absolute Gasteiger partial charge is 0.330 e. The van der Waals surface area contributed by atoms with Crippen molar-refractivity contribution in [2.45, 2.75) is 29.2 Å². The van der Waals surface area contributed by atoms with Crippen LogP contribution in [0.4, 0.5) is 0 Å². The summed E-state index contributed by atoms with van der Waals surface area (Å²) in [6.45, 7) is 4.60. The average Bonchev–Trinajstić information content (AvgIpc) is 1.72. The summed E-state index contributed by atoms with van der Waals surface area (Å²) in [5.74, 6) is -0.935. The molecule has 76 valence electrons. The third kappa shape index (κ3) is 48.8. The predicted octanol–water partition coefficient (Wildman–Crippen LogP) is 2.16. The van der Waals surface area contributed by atoms with Gasteiger partial charge in [-0.2, -0.15) is 0 Å². The van der Waals surface area contributed by atoms with Crippen LogP contribution in [0.1, 0.15) is 29.2 Å². The Balaban J connectivity index is -0.0000000140. The SMILES string of the molecule is C.C.C.C=C(C)C(=O)O.CO.[U]. The molecule has 0 aliphatic rings. The van der Waals surface area contributed by atoms with Gasteiger partial charge in [0.05, 0.1) is 0 Å². The van der Waals surface area contributed by atoms with Crippen molar-refractivity contribution < 1.29 is 46.1 Å². The summed E-state index contributed by atoms with van der Waals surface area (Å²) in [4.78, 5) is 9.60. The number of hydrogen-bond acceptors (Lipinski definition) is 2. The van der Waals surface area contributed by atoms with Crippen molar-refractivity contribution in [3.8, 4) is 0 Å². The molecule has 0 saturated carbocycles. The number of rotatable bonds is 1. The van der Waals surface area contributed by atoms with Crippen LogP contribution in [0.2, 0.25) is 0 Å². The van der Waals surface area contributed by atoms with Gasteiger partial charge in [0.25, 0.3) is 0 Å². The Hall–Kier alpha value is 0.222. The molecule has 0 aromatic rings. The van der Waals surface area contributed by atoms with Crippen LogP contribution < -0.4 is 0 Å². The number of carbonyl (C=O) groups is 1. The maximum Gasteiger partial charge on any atom is 0.330 e. The molecule has 0 spiro atoms. The molecule has 0 aliphatic carbocycles. The van der Waals surface area contributed by atoms with Crippen LogP contribution >= 0.6 is 0 Å². The molecule has 0 aromatic heterocycles. The molecule has 3 nitrogen and oxygen atoms in total. The zero-order valence-corrected chi connectivity index (χ0v) is 9.67. The van der Waals surface area contributed by atoms with E-state index in [0.717, 1.165) is 7.11 Å². The second kappa shape index (κ2) is 30.3. The van der Waals surface area contributed by atoms with Crippen molar-refractivity contribution in [3.63, 3.8) is 0 Å². The van der Waals surface area contributed by atoms with E-state index in [1.165, 1.54) is 6.92 Å². The minimum absolute atomic E-state index is 0. The van der Waals surface area contributed by atoms with Crippen molar-refractivity contribution >= 4 is 5.97 Å². The van der Waals surface area contributed by atoms with E-state index >= 15 is 0 Å². The van der Waals surface area contributed by atoms with Crippen molar-refractivity contribution in [2.24, 2.45) is 0 Å². The van der Waals surface area contributed by atoms with Gasteiger partial charge in [-0.3, -0.25) is 0 Å². The predicted molar refractivity (Wildman–Crippen MR) is 50.8 cm³/mol. The fraction of sp³-hybridized carbons (Fsp3) is 0.625. The molecule has 0 radical (unpaired) electrons. The maximum atomic E-state index is 9.60.